The molecule has 2 nitrogen and oxygen atoms in total. The molecule has 2 heteroatoms. The zero-order valence-electron chi connectivity index (χ0n) is 10.1. The van der Waals surface area contributed by atoms with E-state index in [0.717, 1.165) is 16.8 Å². The Labute approximate surface area is 107 Å². The highest BCUT2D eigenvalue weighted by molar-refractivity contribution is 5.88. The summed E-state index contributed by atoms with van der Waals surface area (Å²) in [4.78, 5) is 11.0. The molecule has 2 aromatic carbocycles. The number of benzene rings is 2. The smallest absolute Gasteiger partial charge is 0.221 e. The zero-order chi connectivity index (χ0) is 12.8. The van der Waals surface area contributed by atoms with Crippen molar-refractivity contribution in [1.82, 2.24) is 0 Å². The summed E-state index contributed by atoms with van der Waals surface area (Å²) in [5.41, 5.74) is 2.62. The van der Waals surface area contributed by atoms with Crippen molar-refractivity contribution in [3.63, 3.8) is 0 Å². The van der Waals surface area contributed by atoms with E-state index in [1.54, 1.807) is 0 Å². The second-order valence-electron chi connectivity index (χ2n) is 3.88. The molecule has 1 N–H and O–H groups in total. The Morgan fingerprint density at radius 2 is 1.61 bits per heavy atom. The molecule has 0 saturated heterocycles. The minimum absolute atomic E-state index is 0.0804. The van der Waals surface area contributed by atoms with E-state index in [2.05, 4.69) is 17.2 Å². The fraction of sp³-hybridized carbons (Fsp3) is 0.0625. The first-order chi connectivity index (χ1) is 8.74. The molecule has 2 rings (SSSR count). The molecule has 0 aliphatic carbocycles. The van der Waals surface area contributed by atoms with E-state index >= 15 is 0 Å². The first-order valence-corrected chi connectivity index (χ1v) is 5.69. The molecule has 0 fully saturated rings. The topological polar surface area (TPSA) is 29.1 Å². The third-order valence-corrected chi connectivity index (χ3v) is 2.31. The molecular weight excluding hydrogens is 222 g/mol. The van der Waals surface area contributed by atoms with Crippen LogP contribution >= 0.6 is 0 Å². The molecule has 0 aromatic heterocycles. The summed E-state index contributed by atoms with van der Waals surface area (Å²) < 4.78 is 0. The predicted molar refractivity (Wildman–Crippen MR) is 73.2 cm³/mol. The van der Waals surface area contributed by atoms with Gasteiger partial charge >= 0.3 is 0 Å². The Hall–Kier alpha value is -2.53. The predicted octanol–water partition coefficient (Wildman–Crippen LogP) is 3.04. The van der Waals surface area contributed by atoms with Crippen LogP contribution in [0.4, 0.5) is 5.69 Å². The van der Waals surface area contributed by atoms with Crippen molar-refractivity contribution in [1.29, 1.82) is 0 Å². The Morgan fingerprint density at radius 1 is 0.944 bits per heavy atom. The summed E-state index contributed by atoms with van der Waals surface area (Å²) >= 11 is 0. The fourth-order valence-corrected chi connectivity index (χ4v) is 1.54. The molecule has 0 unspecified atom stereocenters. The minimum atomic E-state index is -0.0804. The second kappa shape index (κ2) is 5.70. The Morgan fingerprint density at radius 3 is 2.33 bits per heavy atom. The molecule has 0 atom stereocenters. The summed E-state index contributed by atoms with van der Waals surface area (Å²) in [6.45, 7) is 1.49. The van der Waals surface area contributed by atoms with Crippen LogP contribution in [0, 0.1) is 11.8 Å². The van der Waals surface area contributed by atoms with Gasteiger partial charge in [-0.15, -0.1) is 0 Å². The summed E-state index contributed by atoms with van der Waals surface area (Å²) in [6.07, 6.45) is 0. The normalized spacial score (nSPS) is 9.17. The molecule has 18 heavy (non-hydrogen) atoms. The third-order valence-electron chi connectivity index (χ3n) is 2.31. The van der Waals surface area contributed by atoms with Gasteiger partial charge in [-0.25, -0.2) is 0 Å². The van der Waals surface area contributed by atoms with E-state index in [9.17, 15) is 4.79 Å². The zero-order valence-corrected chi connectivity index (χ0v) is 10.1. The average Bonchev–Trinajstić information content (AvgIpc) is 2.37. The standard InChI is InChI=1S/C16H13NO/c1-13(18)17-16-9-5-8-15(12-16)11-10-14-6-3-2-4-7-14/h2-9,12H,1H3,(H,17,18). The van der Waals surface area contributed by atoms with Crippen molar-refractivity contribution >= 4 is 11.6 Å². The lowest BCUT2D eigenvalue weighted by molar-refractivity contribution is -0.114. The molecule has 0 bridgehead atoms. The number of carbonyl (C=O) groups is 1. The summed E-state index contributed by atoms with van der Waals surface area (Å²) in [5.74, 6) is 6.07. The molecule has 0 radical (unpaired) electrons. The summed E-state index contributed by atoms with van der Waals surface area (Å²) in [6, 6.07) is 17.3. The lowest BCUT2D eigenvalue weighted by Gasteiger charge is -2.01. The van der Waals surface area contributed by atoms with Crippen LogP contribution in [0.25, 0.3) is 0 Å². The highest BCUT2D eigenvalue weighted by Gasteiger charge is 1.95. The third kappa shape index (κ3) is 3.50. The van der Waals surface area contributed by atoms with Gasteiger partial charge in [-0.05, 0) is 30.3 Å². The Kier molecular flexibility index (Phi) is 3.78. The molecule has 2 aromatic rings. The number of nitrogens with one attached hydrogen (secondary N) is 1. The van der Waals surface area contributed by atoms with Crippen LogP contribution in [0.2, 0.25) is 0 Å². The molecule has 0 heterocycles. The van der Waals surface area contributed by atoms with Gasteiger partial charge in [0.1, 0.15) is 0 Å². The highest BCUT2D eigenvalue weighted by atomic mass is 16.1. The van der Waals surface area contributed by atoms with Crippen molar-refractivity contribution in [3.8, 4) is 11.8 Å². The number of carbonyl (C=O) groups excluding carboxylic acids is 1. The van der Waals surface area contributed by atoms with E-state index in [1.165, 1.54) is 6.92 Å². The van der Waals surface area contributed by atoms with Crippen LogP contribution in [0.15, 0.2) is 54.6 Å². The summed E-state index contributed by atoms with van der Waals surface area (Å²) in [7, 11) is 0. The molecule has 0 spiro atoms. The van der Waals surface area contributed by atoms with Crippen LogP contribution in [0.3, 0.4) is 0 Å². The highest BCUT2D eigenvalue weighted by Crippen LogP contribution is 2.09. The van der Waals surface area contributed by atoms with E-state index in [1.807, 2.05) is 54.6 Å². The van der Waals surface area contributed by atoms with Crippen LogP contribution < -0.4 is 5.32 Å². The maximum atomic E-state index is 11.0. The first kappa shape index (κ1) is 11.9. The molecule has 0 aliphatic heterocycles. The Bertz CT molecular complexity index is 606. The van der Waals surface area contributed by atoms with Gasteiger partial charge in [0, 0.05) is 23.7 Å². The van der Waals surface area contributed by atoms with Crippen molar-refractivity contribution in [3.05, 3.63) is 65.7 Å². The molecule has 88 valence electrons. The van der Waals surface area contributed by atoms with Gasteiger partial charge in [0.15, 0.2) is 0 Å². The molecular formula is C16H13NO. The number of rotatable bonds is 1. The van der Waals surface area contributed by atoms with E-state index < -0.39 is 0 Å². The van der Waals surface area contributed by atoms with Gasteiger partial charge in [-0.1, -0.05) is 36.1 Å². The lowest BCUT2D eigenvalue weighted by atomic mass is 10.1. The fourth-order valence-electron chi connectivity index (χ4n) is 1.54. The van der Waals surface area contributed by atoms with Crippen LogP contribution in [0.5, 0.6) is 0 Å². The molecule has 1 amide bonds. The van der Waals surface area contributed by atoms with E-state index in [4.69, 9.17) is 0 Å². The number of hydrogen-bond donors (Lipinski definition) is 1. The van der Waals surface area contributed by atoms with Crippen LogP contribution in [0.1, 0.15) is 18.1 Å². The molecule has 0 aliphatic rings. The maximum absolute atomic E-state index is 11.0. The van der Waals surface area contributed by atoms with Gasteiger partial charge in [0.2, 0.25) is 5.91 Å². The lowest BCUT2D eigenvalue weighted by Crippen LogP contribution is -2.05. The van der Waals surface area contributed by atoms with Crippen LogP contribution in [-0.4, -0.2) is 5.91 Å². The van der Waals surface area contributed by atoms with Crippen molar-refractivity contribution in [2.45, 2.75) is 6.92 Å². The van der Waals surface area contributed by atoms with Gasteiger partial charge < -0.3 is 5.32 Å². The number of hydrogen-bond acceptors (Lipinski definition) is 1. The average molecular weight is 235 g/mol. The van der Waals surface area contributed by atoms with Crippen molar-refractivity contribution in [2.24, 2.45) is 0 Å². The largest absolute Gasteiger partial charge is 0.326 e. The summed E-state index contributed by atoms with van der Waals surface area (Å²) in [5, 5.41) is 2.74. The van der Waals surface area contributed by atoms with E-state index in [0.29, 0.717) is 0 Å². The van der Waals surface area contributed by atoms with Gasteiger partial charge in [-0.3, -0.25) is 4.79 Å². The SMILES string of the molecule is CC(=O)Nc1cccc(C#Cc2ccccc2)c1. The van der Waals surface area contributed by atoms with Gasteiger partial charge in [0.05, 0.1) is 0 Å². The van der Waals surface area contributed by atoms with Crippen molar-refractivity contribution in [2.75, 3.05) is 5.32 Å². The van der Waals surface area contributed by atoms with E-state index in [-0.39, 0.29) is 5.91 Å². The van der Waals surface area contributed by atoms with Gasteiger partial charge in [0.25, 0.3) is 0 Å². The van der Waals surface area contributed by atoms with Crippen LogP contribution in [-0.2, 0) is 4.79 Å². The van der Waals surface area contributed by atoms with Crippen molar-refractivity contribution < 1.29 is 4.79 Å². The molecule has 0 saturated carbocycles. The minimum Gasteiger partial charge on any atom is -0.326 e. The second-order valence-corrected chi connectivity index (χ2v) is 3.88. The maximum Gasteiger partial charge on any atom is 0.221 e. The first-order valence-electron chi connectivity index (χ1n) is 5.69. The number of anilines is 1. The van der Waals surface area contributed by atoms with Gasteiger partial charge in [-0.2, -0.15) is 0 Å². The quantitative estimate of drug-likeness (QED) is 0.756. The monoisotopic (exact) mass is 235 g/mol. The Balaban J connectivity index is 2.20. The number of amides is 1.